The van der Waals surface area contributed by atoms with Crippen LogP contribution in [0, 0.1) is 0 Å². The van der Waals surface area contributed by atoms with Gasteiger partial charge in [-0.2, -0.15) is 0 Å². The molecule has 5 heteroatoms. The summed E-state index contributed by atoms with van der Waals surface area (Å²) in [5.74, 6) is 0. The van der Waals surface area contributed by atoms with E-state index in [-0.39, 0.29) is 51.0 Å². The van der Waals surface area contributed by atoms with Crippen LogP contribution in [0.4, 0.5) is 0 Å². The van der Waals surface area contributed by atoms with Crippen molar-refractivity contribution in [1.82, 2.24) is 0 Å². The van der Waals surface area contributed by atoms with Gasteiger partial charge in [-0.05, 0) is 32.5 Å². The van der Waals surface area contributed by atoms with Crippen molar-refractivity contribution in [2.45, 2.75) is 32.5 Å². The van der Waals surface area contributed by atoms with Gasteiger partial charge in [-0.3, -0.25) is 0 Å². The van der Waals surface area contributed by atoms with E-state index in [0.29, 0.717) is 0 Å². The molecule has 1 nitrogen and oxygen atoms in total. The van der Waals surface area contributed by atoms with Crippen molar-refractivity contribution in [2.75, 3.05) is 6.61 Å². The van der Waals surface area contributed by atoms with E-state index in [1.807, 2.05) is 0 Å². The normalized spacial score (nSPS) is 13.5. The predicted molar refractivity (Wildman–Crippen MR) is 94.1 cm³/mol. The van der Waals surface area contributed by atoms with Crippen molar-refractivity contribution < 1.29 is 55.4 Å². The molecule has 0 saturated carbocycles. The quantitative estimate of drug-likeness (QED) is 0.436. The molecule has 127 valence electrons. The maximum Gasteiger partial charge on any atom is 3.00 e. The SMILES string of the molecule is C[Si](C)(C)OCCC1=CCC(c2cc3ccccc3[cH-]2)=C1.[Cl-].[Cl-].[Zr+3]. The Morgan fingerprint density at radius 1 is 1.12 bits per heavy atom. The summed E-state index contributed by atoms with van der Waals surface area (Å²) < 4.78 is 5.95. The molecular weight excluding hydrogens is 434 g/mol. The zero-order chi connectivity index (χ0) is 14.9. The van der Waals surface area contributed by atoms with E-state index in [4.69, 9.17) is 4.43 Å². The first-order valence-electron chi connectivity index (χ1n) is 7.71. The molecule has 1 aliphatic carbocycles. The van der Waals surface area contributed by atoms with Gasteiger partial charge >= 0.3 is 26.2 Å². The fourth-order valence-corrected chi connectivity index (χ4v) is 3.48. The number of benzene rings is 1. The Morgan fingerprint density at radius 2 is 1.83 bits per heavy atom. The van der Waals surface area contributed by atoms with E-state index in [0.717, 1.165) is 19.4 Å². The predicted octanol–water partition coefficient (Wildman–Crippen LogP) is -0.481. The summed E-state index contributed by atoms with van der Waals surface area (Å²) in [6, 6.07) is 13.2. The average Bonchev–Trinajstić information content (AvgIpc) is 3.02. The first kappa shape index (κ1) is 23.9. The van der Waals surface area contributed by atoms with Crippen molar-refractivity contribution >= 4 is 24.7 Å². The molecule has 0 aromatic heterocycles. The zero-order valence-corrected chi connectivity index (χ0v) is 19.4. The number of hydrogen-bond acceptors (Lipinski definition) is 1. The molecule has 2 aromatic rings. The fraction of sp³-hybridized carbons (Fsp3) is 0.316. The first-order valence-corrected chi connectivity index (χ1v) is 11.1. The molecule has 3 rings (SSSR count). The Hall–Kier alpha value is -0.0500. The summed E-state index contributed by atoms with van der Waals surface area (Å²) >= 11 is 0. The molecule has 2 aromatic carbocycles. The monoisotopic (exact) mass is 455 g/mol. The molecule has 0 atom stereocenters. The van der Waals surface area contributed by atoms with Crippen LogP contribution in [-0.4, -0.2) is 14.9 Å². The molecular formula is C19H23Cl2OSiZr. The topological polar surface area (TPSA) is 9.23 Å². The van der Waals surface area contributed by atoms with E-state index >= 15 is 0 Å². The minimum absolute atomic E-state index is 0. The van der Waals surface area contributed by atoms with Gasteiger partial charge in [0, 0.05) is 6.61 Å². The van der Waals surface area contributed by atoms with E-state index in [1.54, 1.807) is 0 Å². The zero-order valence-electron chi connectivity index (χ0n) is 14.4. The Labute approximate surface area is 178 Å². The molecule has 24 heavy (non-hydrogen) atoms. The van der Waals surface area contributed by atoms with Gasteiger partial charge in [0.25, 0.3) is 0 Å². The number of fused-ring (bicyclic) bond motifs is 1. The van der Waals surface area contributed by atoms with Gasteiger partial charge in [-0.1, -0.05) is 35.9 Å². The average molecular weight is 458 g/mol. The maximum atomic E-state index is 5.95. The Morgan fingerprint density at radius 3 is 2.50 bits per heavy atom. The Kier molecular flexibility index (Phi) is 10.2. The molecule has 0 bridgehead atoms. The number of rotatable bonds is 5. The third kappa shape index (κ3) is 6.35. The van der Waals surface area contributed by atoms with Crippen LogP contribution in [0.2, 0.25) is 19.6 Å². The molecule has 0 N–H and O–H groups in total. The van der Waals surface area contributed by atoms with E-state index in [9.17, 15) is 0 Å². The first-order chi connectivity index (χ1) is 10.0. The molecule has 1 aliphatic rings. The van der Waals surface area contributed by atoms with Crippen molar-refractivity contribution in [1.29, 1.82) is 0 Å². The van der Waals surface area contributed by atoms with Crippen LogP contribution in [-0.2, 0) is 30.6 Å². The standard InChI is InChI=1S/C19H23OSi.2ClH.Zr/c1-21(2,3)20-11-10-15-8-9-18(12-15)19-13-16-6-4-5-7-17(16)14-19;;;/h4-8,12-14H,9-11H2,1-3H3;2*1H;/q-1;;;+3/p-2. The van der Waals surface area contributed by atoms with Crippen molar-refractivity contribution in [2.24, 2.45) is 0 Å². The summed E-state index contributed by atoms with van der Waals surface area (Å²) in [6.45, 7) is 7.58. The van der Waals surface area contributed by atoms with Gasteiger partial charge in [0.2, 0.25) is 0 Å². The van der Waals surface area contributed by atoms with Crippen molar-refractivity contribution in [3.05, 3.63) is 59.7 Å². The van der Waals surface area contributed by atoms with Crippen molar-refractivity contribution in [3.8, 4) is 0 Å². The van der Waals surface area contributed by atoms with Crippen LogP contribution in [0.25, 0.3) is 16.3 Å². The largest absolute Gasteiger partial charge is 3.00 e. The molecule has 0 aliphatic heterocycles. The smallest absolute Gasteiger partial charge is 1.00 e. The van der Waals surface area contributed by atoms with Crippen LogP contribution in [0.15, 0.2) is 54.1 Å². The summed E-state index contributed by atoms with van der Waals surface area (Å²) in [5.41, 5.74) is 4.23. The van der Waals surface area contributed by atoms with Crippen LogP contribution < -0.4 is 24.8 Å². The van der Waals surface area contributed by atoms with Crippen LogP contribution in [0.1, 0.15) is 18.4 Å². The third-order valence-corrected chi connectivity index (χ3v) is 4.93. The molecule has 0 fully saturated rings. The van der Waals surface area contributed by atoms with Gasteiger partial charge in [-0.15, -0.1) is 40.1 Å². The maximum absolute atomic E-state index is 5.95. The summed E-state index contributed by atoms with van der Waals surface area (Å²) in [6.07, 6.45) is 6.79. The second kappa shape index (κ2) is 10.2. The molecule has 1 radical (unpaired) electrons. The third-order valence-electron chi connectivity index (χ3n) is 3.86. The van der Waals surface area contributed by atoms with Gasteiger partial charge in [0.1, 0.15) is 0 Å². The number of hydrogen-bond donors (Lipinski definition) is 0. The summed E-state index contributed by atoms with van der Waals surface area (Å²) in [7, 11) is -1.38. The Balaban J connectivity index is 0.00000176. The van der Waals surface area contributed by atoms with Gasteiger partial charge in [0.15, 0.2) is 8.32 Å². The van der Waals surface area contributed by atoms with E-state index < -0.39 is 8.32 Å². The van der Waals surface area contributed by atoms with Crippen LogP contribution >= 0.6 is 0 Å². The Bertz CT molecular complexity index is 680. The summed E-state index contributed by atoms with van der Waals surface area (Å²) in [5, 5.41) is 2.67. The molecule has 0 heterocycles. The number of allylic oxidation sites excluding steroid dienone is 3. The van der Waals surface area contributed by atoms with Gasteiger partial charge in [-0.25, -0.2) is 0 Å². The van der Waals surface area contributed by atoms with E-state index in [1.165, 1.54) is 27.5 Å². The van der Waals surface area contributed by atoms with Gasteiger partial charge in [0.05, 0.1) is 0 Å². The number of halogens is 2. The summed E-state index contributed by atoms with van der Waals surface area (Å²) in [4.78, 5) is 0. The van der Waals surface area contributed by atoms with Crippen LogP contribution in [0.5, 0.6) is 0 Å². The van der Waals surface area contributed by atoms with Crippen molar-refractivity contribution in [3.63, 3.8) is 0 Å². The molecule has 0 saturated heterocycles. The molecule has 0 unspecified atom stereocenters. The molecule has 0 amide bonds. The second-order valence-corrected chi connectivity index (χ2v) is 11.2. The van der Waals surface area contributed by atoms with Gasteiger partial charge < -0.3 is 29.2 Å². The minimum atomic E-state index is -1.38. The molecule has 0 spiro atoms. The fourth-order valence-electron chi connectivity index (χ4n) is 2.77. The van der Waals surface area contributed by atoms with E-state index in [2.05, 4.69) is 68.2 Å². The minimum Gasteiger partial charge on any atom is -1.00 e. The second-order valence-electron chi connectivity index (χ2n) is 6.74. The van der Waals surface area contributed by atoms with Crippen LogP contribution in [0.3, 0.4) is 0 Å².